The first-order valence-corrected chi connectivity index (χ1v) is 17.2. The highest BCUT2D eigenvalue weighted by Crippen LogP contribution is 2.40. The van der Waals surface area contributed by atoms with Crippen molar-refractivity contribution in [1.29, 1.82) is 0 Å². The summed E-state index contributed by atoms with van der Waals surface area (Å²) < 4.78 is 89.0. The average molecular weight is 628 g/mol. The molecule has 2 aliphatic rings. The second-order valence-electron chi connectivity index (χ2n) is 11.9. The minimum absolute atomic E-state index is 0.196. The van der Waals surface area contributed by atoms with Gasteiger partial charge in [-0.15, -0.1) is 0 Å². The number of likely N-dealkylation sites (tertiary alicyclic amines) is 1. The van der Waals surface area contributed by atoms with E-state index in [4.69, 9.17) is 0 Å². The predicted molar refractivity (Wildman–Crippen MR) is 160 cm³/mol. The summed E-state index contributed by atoms with van der Waals surface area (Å²) in [6.07, 6.45) is 4.49. The van der Waals surface area contributed by atoms with E-state index in [0.717, 1.165) is 99.6 Å². The van der Waals surface area contributed by atoms with Gasteiger partial charge in [-0.1, -0.05) is 25.0 Å². The van der Waals surface area contributed by atoms with E-state index >= 15 is 0 Å². The van der Waals surface area contributed by atoms with E-state index in [9.17, 15) is 35.5 Å². The van der Waals surface area contributed by atoms with Crippen molar-refractivity contribution in [1.82, 2.24) is 4.90 Å². The van der Waals surface area contributed by atoms with E-state index < -0.39 is 39.8 Å². The maximum Gasteiger partial charge on any atom is 0.390 e. The first kappa shape index (κ1) is 33.4. The summed E-state index contributed by atoms with van der Waals surface area (Å²) in [5, 5.41) is 10.1. The molecule has 1 saturated heterocycles. The van der Waals surface area contributed by atoms with Gasteiger partial charge in [-0.2, -0.15) is 13.2 Å². The van der Waals surface area contributed by atoms with Crippen LogP contribution in [0.2, 0.25) is 0 Å². The molecule has 1 N–H and O–H groups in total. The van der Waals surface area contributed by atoms with E-state index in [2.05, 4.69) is 4.90 Å². The Morgan fingerprint density at radius 2 is 1.67 bits per heavy atom. The summed E-state index contributed by atoms with van der Waals surface area (Å²) in [6, 6.07) is 9.78. The average Bonchev–Trinajstić information content (AvgIpc) is 3.30. The van der Waals surface area contributed by atoms with Crippen molar-refractivity contribution in [3.63, 3.8) is 0 Å². The molecule has 0 bridgehead atoms. The molecular formula is C33H42F5NO3S. The highest BCUT2D eigenvalue weighted by atomic mass is 32.2. The molecule has 0 spiro atoms. The number of sulfone groups is 1. The minimum atomic E-state index is -4.46. The Hall–Kier alpha value is -2.46. The highest BCUT2D eigenvalue weighted by molar-refractivity contribution is 7.91. The Labute approximate surface area is 251 Å². The Bertz CT molecular complexity index is 1370. The Kier molecular flexibility index (Phi) is 11.7. The van der Waals surface area contributed by atoms with Crippen LogP contribution in [0.3, 0.4) is 0 Å². The monoisotopic (exact) mass is 627 g/mol. The molecule has 0 aromatic heterocycles. The Morgan fingerprint density at radius 1 is 0.884 bits per heavy atom. The van der Waals surface area contributed by atoms with E-state index in [0.29, 0.717) is 18.4 Å². The fraction of sp³-hybridized carbons (Fsp3) is 0.576. The zero-order valence-electron chi connectivity index (χ0n) is 24.6. The van der Waals surface area contributed by atoms with Crippen LogP contribution in [0.15, 0.2) is 36.4 Å². The van der Waals surface area contributed by atoms with Gasteiger partial charge >= 0.3 is 6.18 Å². The van der Waals surface area contributed by atoms with Crippen LogP contribution in [0.5, 0.6) is 5.75 Å². The molecule has 10 heteroatoms. The molecule has 1 fully saturated rings. The van der Waals surface area contributed by atoms with Crippen LogP contribution in [0.4, 0.5) is 22.0 Å². The summed E-state index contributed by atoms with van der Waals surface area (Å²) in [4.78, 5) is 2.39. The van der Waals surface area contributed by atoms with Crippen LogP contribution >= 0.6 is 0 Å². The molecule has 0 unspecified atom stereocenters. The van der Waals surface area contributed by atoms with E-state index in [1.54, 1.807) is 18.2 Å². The molecule has 2 aromatic rings. The first-order chi connectivity index (χ1) is 20.4. The van der Waals surface area contributed by atoms with E-state index in [-0.39, 0.29) is 17.5 Å². The number of benzene rings is 2. The zero-order chi connectivity index (χ0) is 31.0. The van der Waals surface area contributed by atoms with E-state index in [1.807, 2.05) is 6.07 Å². The van der Waals surface area contributed by atoms with Crippen LogP contribution in [0, 0.1) is 11.6 Å². The van der Waals surface area contributed by atoms with Gasteiger partial charge in [0.1, 0.15) is 5.75 Å². The minimum Gasteiger partial charge on any atom is -0.508 e. The number of unbranched alkanes of at least 4 members (excludes halogenated alkanes) is 3. The molecule has 0 saturated carbocycles. The predicted octanol–water partition coefficient (Wildman–Crippen LogP) is 8.48. The van der Waals surface area contributed by atoms with E-state index in [1.165, 1.54) is 12.1 Å². The van der Waals surface area contributed by atoms with Gasteiger partial charge in [0.15, 0.2) is 21.5 Å². The lowest BCUT2D eigenvalue weighted by atomic mass is 9.89. The molecule has 1 aliphatic carbocycles. The smallest absolute Gasteiger partial charge is 0.390 e. The zero-order valence-corrected chi connectivity index (χ0v) is 25.4. The van der Waals surface area contributed by atoms with Crippen LogP contribution < -0.4 is 0 Å². The molecule has 2 aromatic carbocycles. The number of alkyl halides is 3. The van der Waals surface area contributed by atoms with Crippen LogP contribution in [0.1, 0.15) is 93.7 Å². The number of hydrogen-bond acceptors (Lipinski definition) is 4. The standard InChI is InChI=1S/C33H42F5NO3S/c34-31-16-13-25(23-32(31)35)28-12-5-8-24-22-27(40)14-15-29(24)30(28)11-3-1-2-4-18-39-19-6-9-26(39)10-7-20-43(41,42)21-17-33(36,37)38/h13-16,22-23,26,40H,1-12,17-21H2/t26-/m0/s1. The largest absolute Gasteiger partial charge is 0.508 e. The summed E-state index contributed by atoms with van der Waals surface area (Å²) in [7, 11) is -3.70. The summed E-state index contributed by atoms with van der Waals surface area (Å²) in [5.74, 6) is -2.53. The lowest BCUT2D eigenvalue weighted by Crippen LogP contribution is -2.31. The Balaban J connectivity index is 1.28. The molecule has 4 rings (SSSR count). The molecule has 1 heterocycles. The molecule has 1 aliphatic heterocycles. The van der Waals surface area contributed by atoms with Gasteiger partial charge in [0, 0.05) is 6.04 Å². The maximum atomic E-state index is 14.2. The lowest BCUT2D eigenvalue weighted by molar-refractivity contribution is -0.129. The van der Waals surface area contributed by atoms with Crippen LogP contribution in [-0.4, -0.2) is 55.2 Å². The fourth-order valence-corrected chi connectivity index (χ4v) is 7.89. The SMILES string of the molecule is O=S(=O)(CCC[C@@H]1CCCN1CCCCCCC1=C(c2ccc(F)c(F)c2)CCCc2cc(O)ccc21)CCC(F)(F)F. The normalized spacial score (nSPS) is 18.2. The molecule has 1 atom stereocenters. The summed E-state index contributed by atoms with van der Waals surface area (Å²) >= 11 is 0. The number of aryl methyl sites for hydroxylation is 1. The third-order valence-corrected chi connectivity index (χ3v) is 10.5. The molecule has 238 valence electrons. The van der Waals surface area contributed by atoms with Gasteiger partial charge in [-0.05, 0) is 129 Å². The topological polar surface area (TPSA) is 57.6 Å². The van der Waals surface area contributed by atoms with Gasteiger partial charge in [0.2, 0.25) is 0 Å². The first-order valence-electron chi connectivity index (χ1n) is 15.4. The third kappa shape index (κ3) is 10.0. The number of fused-ring (bicyclic) bond motifs is 1. The fourth-order valence-electron chi connectivity index (χ4n) is 6.54. The molecule has 4 nitrogen and oxygen atoms in total. The number of phenolic OH excluding ortho intramolecular Hbond substituents is 1. The maximum absolute atomic E-state index is 14.2. The van der Waals surface area contributed by atoms with Crippen molar-refractivity contribution >= 4 is 21.0 Å². The number of halogens is 5. The molecule has 0 radical (unpaired) electrons. The van der Waals surface area contributed by atoms with Gasteiger partial charge < -0.3 is 10.0 Å². The van der Waals surface area contributed by atoms with Crippen LogP contribution in [-0.2, 0) is 16.3 Å². The quantitative estimate of drug-likeness (QED) is 0.169. The molecule has 43 heavy (non-hydrogen) atoms. The van der Waals surface area contributed by atoms with Gasteiger partial charge in [0.25, 0.3) is 0 Å². The van der Waals surface area contributed by atoms with Gasteiger partial charge in [-0.3, -0.25) is 0 Å². The number of allylic oxidation sites excluding steroid dienone is 2. The molecular weight excluding hydrogens is 585 g/mol. The van der Waals surface area contributed by atoms with Crippen molar-refractivity contribution in [3.05, 3.63) is 64.7 Å². The third-order valence-electron chi connectivity index (χ3n) is 8.73. The van der Waals surface area contributed by atoms with Gasteiger partial charge in [0.05, 0.1) is 17.9 Å². The highest BCUT2D eigenvalue weighted by Gasteiger charge is 2.30. The van der Waals surface area contributed by atoms with Crippen molar-refractivity contribution in [2.45, 2.75) is 95.7 Å². The number of hydrogen-bond donors (Lipinski definition) is 1. The van der Waals surface area contributed by atoms with Crippen molar-refractivity contribution in [2.24, 2.45) is 0 Å². The van der Waals surface area contributed by atoms with Crippen LogP contribution in [0.25, 0.3) is 11.1 Å². The van der Waals surface area contributed by atoms with Crippen molar-refractivity contribution in [2.75, 3.05) is 24.6 Å². The summed E-state index contributed by atoms with van der Waals surface area (Å²) in [6.45, 7) is 1.87. The van der Waals surface area contributed by atoms with Crippen molar-refractivity contribution < 1.29 is 35.5 Å². The molecule has 0 amide bonds. The van der Waals surface area contributed by atoms with Gasteiger partial charge in [-0.25, -0.2) is 17.2 Å². The second kappa shape index (κ2) is 15.0. The number of nitrogens with zero attached hydrogens (tertiary/aromatic N) is 1. The lowest BCUT2D eigenvalue weighted by Gasteiger charge is -2.24. The summed E-state index contributed by atoms with van der Waals surface area (Å²) in [5.41, 5.74) is 4.99. The number of aromatic hydroxyl groups is 1. The Morgan fingerprint density at radius 3 is 2.44 bits per heavy atom. The second-order valence-corrected chi connectivity index (χ2v) is 14.2. The van der Waals surface area contributed by atoms with Crippen molar-refractivity contribution in [3.8, 4) is 5.75 Å². The number of phenols is 1. The number of rotatable bonds is 14.